The Morgan fingerprint density at radius 2 is 0.684 bits per heavy atom. The van der Waals surface area contributed by atoms with Gasteiger partial charge in [-0.2, -0.15) is 0 Å². The van der Waals surface area contributed by atoms with Crippen molar-refractivity contribution in [3.05, 3.63) is 18.1 Å². The third-order valence-electron chi connectivity index (χ3n) is 12.0. The van der Waals surface area contributed by atoms with Gasteiger partial charge in [-0.1, -0.05) is 6.04 Å². The molecular weight excluding hydrogens is 4490 g/mol. The fraction of sp³-hybridized carbons (Fsp3) is 0.944. The van der Waals surface area contributed by atoms with Gasteiger partial charge < -0.3 is 134 Å². The monoisotopic (exact) mass is 4550 g/mol. The summed E-state index contributed by atoms with van der Waals surface area (Å²) in [4.78, 5) is 0. The van der Waals surface area contributed by atoms with Crippen molar-refractivity contribution in [2.75, 3.05) is 26.4 Å². The Bertz CT molecular complexity index is 1520. The SMILES string of the molecule is CC1O[C@@H](OC2[C@H](O[C@@H]3C([NH-])[C@H](O[C@@H]4C(O)[C@H](O[C@@H]5C(CO)OC=C[C@H]5O)OC(CO)[C@@H]4O)OC(CO)[C@H]3O[C@@H]3O[C@@H](C)[C@@H](O)C(O)C3O)OC(CO)[C@H](O)[C@@H]2O)C(O)[C@H](O)[C@H]1O.[Ac].[Ac].[Ac].[Ac].[Ac].[Ac].[Ac].[Ac].[Ac].[Ac].[Ac].[Ac].[Ac].[Ac].[Ac].[Ac]. The van der Waals surface area contributed by atoms with Crippen LogP contribution in [-0.4, -0.2) is 275 Å². The Morgan fingerprint density at radius 1 is 0.329 bits per heavy atom. The molecule has 6 heterocycles. The fourth-order valence-electron chi connectivity index (χ4n) is 8.11. The molecule has 16 N–H and O–H groups in total. The van der Waals surface area contributed by atoms with Crippen molar-refractivity contribution in [3.8, 4) is 0 Å². The Balaban J connectivity index is -0.000000321. The first-order chi connectivity index (χ1) is 29.9. The molecule has 27 nitrogen and oxygen atoms in total. The van der Waals surface area contributed by atoms with E-state index in [4.69, 9.17) is 52.1 Å². The van der Waals surface area contributed by atoms with Crippen LogP contribution in [0.25, 0.3) is 5.73 Å². The predicted octanol–water partition coefficient (Wildman–Crippen LogP) is -9.15. The zero-order valence-electron chi connectivity index (χ0n) is 43.1. The molecule has 6 aliphatic rings. The molecule has 0 aromatic heterocycles. The molecular formula is C36H60Ac16NO26-. The molecule has 0 bridgehead atoms. The minimum Gasteiger partial charge on any atom is -0.668 e. The summed E-state index contributed by atoms with van der Waals surface area (Å²) in [6, 6.07) is -1.99. The maximum Gasteiger partial charge on any atom is 0.187 e. The van der Waals surface area contributed by atoms with Gasteiger partial charge in [-0.15, -0.1) is 0 Å². The summed E-state index contributed by atoms with van der Waals surface area (Å²) in [6.45, 7) is -0.828. The summed E-state index contributed by atoms with van der Waals surface area (Å²) >= 11 is 0. The van der Waals surface area contributed by atoms with Gasteiger partial charge in [0, 0.05) is 705 Å². The van der Waals surface area contributed by atoms with E-state index in [1.807, 2.05) is 0 Å². The molecule has 5 fully saturated rings. The van der Waals surface area contributed by atoms with Crippen molar-refractivity contribution < 1.29 is 834 Å². The molecule has 28 atom stereocenters. The van der Waals surface area contributed by atoms with Crippen LogP contribution >= 0.6 is 0 Å². The number of aliphatic hydroxyl groups excluding tert-OH is 15. The van der Waals surface area contributed by atoms with Crippen molar-refractivity contribution in [2.45, 2.75) is 186 Å². The molecule has 6 rings (SSSR count). The molecule has 5 saturated heterocycles. The van der Waals surface area contributed by atoms with Gasteiger partial charge in [-0.05, 0) is 19.9 Å². The summed E-state index contributed by atoms with van der Waals surface area (Å²) in [5.74, 6) is 0. The first-order valence-electron chi connectivity index (χ1n) is 20.4. The van der Waals surface area contributed by atoms with Crippen LogP contribution in [0.3, 0.4) is 0 Å². The van der Waals surface area contributed by atoms with Crippen LogP contribution in [0, 0.1) is 705 Å². The number of ether oxygens (including phenoxy) is 11. The van der Waals surface area contributed by atoms with E-state index in [1.165, 1.54) is 19.9 Å². The van der Waals surface area contributed by atoms with Crippen LogP contribution in [0.4, 0.5) is 0 Å². The Kier molecular flexibility index (Phi) is 101. The van der Waals surface area contributed by atoms with Gasteiger partial charge in [-0.3, -0.25) is 0 Å². The molecule has 0 spiro atoms. The zero-order chi connectivity index (χ0) is 46.2. The minimum absolute atomic E-state index is 0. The van der Waals surface area contributed by atoms with E-state index in [-0.39, 0.29) is 705 Å². The van der Waals surface area contributed by atoms with Gasteiger partial charge in [0.15, 0.2) is 25.2 Å². The summed E-state index contributed by atoms with van der Waals surface area (Å²) in [6.07, 6.45) is -44.4. The van der Waals surface area contributed by atoms with Crippen molar-refractivity contribution in [2.24, 2.45) is 0 Å². The van der Waals surface area contributed by atoms with Crippen molar-refractivity contribution in [1.29, 1.82) is 0 Å². The third kappa shape index (κ3) is 35.4. The second-order valence-electron chi connectivity index (χ2n) is 16.2. The molecule has 16 radical (unpaired) electrons. The van der Waals surface area contributed by atoms with E-state index in [0.717, 1.165) is 6.26 Å². The van der Waals surface area contributed by atoms with Gasteiger partial charge in [0.2, 0.25) is 0 Å². The average Bonchev–Trinajstić information content (AvgIpc) is 3.27. The van der Waals surface area contributed by atoms with E-state index >= 15 is 0 Å². The standard InChI is InChI=1S/C36H60NO26.16Ac/c1-9-17(43)21(47)24(50)33(54-9)60-28-15(8-41)58-32(62-30-20(46)13(6-39)56-35(26(30)52)59-27-11(42)3-4-53-14(27)7-40)16(37)29(28)61-36-31(23(49)19(45)12(5-38)57-36)63-34-25(51)22(48)18(44)10(2)55-34;;;;;;;;;;;;;;;;/h3-4,9-52H,5-8H2,1-2H3;;;;;;;;;;;;;;;;/q-1;;;;;;;;;;;;;;;;/t9-,10?,11+,12?,13?,14?,15?,16?,17+,18-,19-,20-,21?,22+,23-,24?,25?,26?,27-,28+,29+,30-,31?,32-,33-,34-,35-,36-;;;;;;;;;;;;;;;;/m0................/s1. The van der Waals surface area contributed by atoms with Crippen molar-refractivity contribution in [1.82, 2.24) is 0 Å². The topological polar surface area (TPSA) is 429 Å². The van der Waals surface area contributed by atoms with E-state index in [0.29, 0.717) is 0 Å². The van der Waals surface area contributed by atoms with Gasteiger partial charge in [-0.25, -0.2) is 0 Å². The van der Waals surface area contributed by atoms with Crippen LogP contribution < -0.4 is 0 Å². The quantitative estimate of drug-likeness (QED) is 0.0768. The van der Waals surface area contributed by atoms with Gasteiger partial charge >= 0.3 is 0 Å². The van der Waals surface area contributed by atoms with Crippen LogP contribution in [0.15, 0.2) is 12.3 Å². The first kappa shape index (κ1) is 124. The van der Waals surface area contributed by atoms with Gasteiger partial charge in [0.1, 0.15) is 122 Å². The van der Waals surface area contributed by atoms with E-state index in [2.05, 4.69) is 0 Å². The summed E-state index contributed by atoms with van der Waals surface area (Å²) in [7, 11) is 0. The summed E-state index contributed by atoms with van der Waals surface area (Å²) < 4.78 is 63.5. The maximum absolute atomic E-state index is 11.5. The number of hydrogen-bond acceptors (Lipinski definition) is 26. The number of hydrogen-bond donors (Lipinski definition) is 15. The summed E-state index contributed by atoms with van der Waals surface area (Å²) in [5.41, 5.74) is 9.40. The smallest absolute Gasteiger partial charge is 0.187 e. The Hall–Kier alpha value is 21.6. The second-order valence-corrected chi connectivity index (χ2v) is 16.2. The second kappa shape index (κ2) is 64.4. The van der Waals surface area contributed by atoms with Crippen LogP contribution in [0.2, 0.25) is 0 Å². The largest absolute Gasteiger partial charge is 0.668 e. The molecule has 43 heteroatoms. The molecule has 0 aliphatic carbocycles. The average molecular weight is 4550 g/mol. The van der Waals surface area contributed by atoms with Gasteiger partial charge in [0.25, 0.3) is 0 Å². The zero-order valence-corrected chi connectivity index (χ0v) is 119. The molecule has 414 valence electrons. The molecule has 79 heavy (non-hydrogen) atoms. The number of aliphatic hydroxyl groups is 15. The normalized spacial score (nSPS) is 42.5. The molecule has 0 aromatic carbocycles. The summed E-state index contributed by atoms with van der Waals surface area (Å²) in [5, 5.41) is 159. The number of rotatable bonds is 14. The Morgan fingerprint density at radius 3 is 1.13 bits per heavy atom. The van der Waals surface area contributed by atoms with Crippen LogP contribution in [-0.2, 0) is 52.1 Å². The maximum atomic E-state index is 11.5. The van der Waals surface area contributed by atoms with Crippen LogP contribution in [0.1, 0.15) is 13.8 Å². The molecule has 0 amide bonds. The van der Waals surface area contributed by atoms with E-state index < -0.39 is 198 Å². The predicted molar refractivity (Wildman–Crippen MR) is 196 cm³/mol. The minimum atomic E-state index is -2.05. The molecule has 11 unspecified atom stereocenters. The third-order valence-corrected chi connectivity index (χ3v) is 12.0. The van der Waals surface area contributed by atoms with Crippen molar-refractivity contribution >= 4 is 0 Å². The number of nitrogens with one attached hydrogen (secondary N) is 1. The molecule has 6 aliphatic heterocycles. The molecule has 0 aromatic rings. The van der Waals surface area contributed by atoms with Crippen molar-refractivity contribution in [3.63, 3.8) is 0 Å². The van der Waals surface area contributed by atoms with Gasteiger partial charge in [0.05, 0.1) is 51.0 Å². The fourth-order valence-corrected chi connectivity index (χ4v) is 8.11. The first-order valence-corrected chi connectivity index (χ1v) is 20.4. The van der Waals surface area contributed by atoms with E-state index in [1.54, 1.807) is 0 Å². The van der Waals surface area contributed by atoms with E-state index in [9.17, 15) is 82.3 Å². The Labute approximate surface area is 1030 Å². The van der Waals surface area contributed by atoms with Crippen LogP contribution in [0.5, 0.6) is 0 Å². The molecule has 0 saturated carbocycles.